The Bertz CT molecular complexity index is 1500. The highest BCUT2D eigenvalue weighted by Crippen LogP contribution is 2.33. The zero-order valence-electron chi connectivity index (χ0n) is 22.2. The van der Waals surface area contributed by atoms with Gasteiger partial charge in [0.25, 0.3) is 5.56 Å². The van der Waals surface area contributed by atoms with Gasteiger partial charge in [-0.1, -0.05) is 62.8 Å². The van der Waals surface area contributed by atoms with Gasteiger partial charge < -0.3 is 9.30 Å². The largest absolute Gasteiger partial charge is 0.463 e. The van der Waals surface area contributed by atoms with Gasteiger partial charge in [-0.25, -0.2) is 9.79 Å². The van der Waals surface area contributed by atoms with E-state index in [1.807, 2.05) is 32.2 Å². The first-order chi connectivity index (χ1) is 17.2. The molecule has 0 amide bonds. The fourth-order valence-electron chi connectivity index (χ4n) is 4.67. The van der Waals surface area contributed by atoms with Crippen molar-refractivity contribution in [2.75, 3.05) is 6.61 Å². The van der Waals surface area contributed by atoms with Crippen LogP contribution in [0.5, 0.6) is 0 Å². The lowest BCUT2D eigenvalue weighted by Crippen LogP contribution is -2.40. The van der Waals surface area contributed by atoms with E-state index in [1.165, 1.54) is 16.9 Å². The molecule has 0 unspecified atom stereocenters. The Labute approximate surface area is 216 Å². The minimum absolute atomic E-state index is 0.144. The fraction of sp³-hybridized carbons (Fsp3) is 0.414. The van der Waals surface area contributed by atoms with Crippen molar-refractivity contribution in [2.24, 2.45) is 12.0 Å². The number of esters is 1. The number of hydrogen-bond acceptors (Lipinski definition) is 5. The van der Waals surface area contributed by atoms with Crippen LogP contribution in [0.25, 0.3) is 6.08 Å². The van der Waals surface area contributed by atoms with E-state index in [0.29, 0.717) is 32.9 Å². The number of carbonyl (C=O) groups excluding carboxylic acids is 1. The summed E-state index contributed by atoms with van der Waals surface area (Å²) in [7, 11) is 2.02. The van der Waals surface area contributed by atoms with Crippen LogP contribution in [0.2, 0.25) is 0 Å². The van der Waals surface area contributed by atoms with Crippen molar-refractivity contribution in [3.05, 3.63) is 89.4 Å². The lowest BCUT2D eigenvalue weighted by Gasteiger charge is -2.26. The summed E-state index contributed by atoms with van der Waals surface area (Å²) in [6.07, 6.45) is 3.41. The van der Waals surface area contributed by atoms with Crippen LogP contribution >= 0.6 is 11.3 Å². The van der Waals surface area contributed by atoms with Crippen LogP contribution in [0.4, 0.5) is 0 Å². The van der Waals surface area contributed by atoms with Gasteiger partial charge in [0.1, 0.15) is 0 Å². The van der Waals surface area contributed by atoms with Gasteiger partial charge >= 0.3 is 5.97 Å². The Morgan fingerprint density at radius 2 is 1.89 bits per heavy atom. The van der Waals surface area contributed by atoms with Gasteiger partial charge in [-0.2, -0.15) is 0 Å². The van der Waals surface area contributed by atoms with Gasteiger partial charge in [0.05, 0.1) is 28.5 Å². The number of ether oxygens (including phenoxy) is 1. The van der Waals surface area contributed by atoms with Crippen molar-refractivity contribution >= 4 is 23.4 Å². The molecule has 0 fully saturated rings. The molecule has 36 heavy (non-hydrogen) atoms. The Morgan fingerprint density at radius 3 is 2.44 bits per heavy atom. The Hall–Kier alpha value is -3.19. The molecular formula is C29H35N3O3S. The number of aromatic nitrogens is 2. The van der Waals surface area contributed by atoms with Crippen molar-refractivity contribution in [3.8, 4) is 0 Å². The van der Waals surface area contributed by atoms with E-state index in [0.717, 1.165) is 28.9 Å². The van der Waals surface area contributed by atoms with Crippen LogP contribution in [-0.4, -0.2) is 21.7 Å². The molecule has 1 aromatic carbocycles. The second kappa shape index (κ2) is 10.4. The third kappa shape index (κ3) is 4.64. The van der Waals surface area contributed by atoms with Crippen LogP contribution in [0.1, 0.15) is 80.6 Å². The maximum Gasteiger partial charge on any atom is 0.338 e. The van der Waals surface area contributed by atoms with Crippen LogP contribution in [-0.2, 0) is 16.6 Å². The zero-order valence-corrected chi connectivity index (χ0v) is 23.0. The summed E-state index contributed by atoms with van der Waals surface area (Å²) in [4.78, 5) is 32.6. The monoisotopic (exact) mass is 505 g/mol. The van der Waals surface area contributed by atoms with Crippen molar-refractivity contribution < 1.29 is 9.53 Å². The molecule has 0 aliphatic carbocycles. The lowest BCUT2D eigenvalue weighted by molar-refractivity contribution is -0.139. The van der Waals surface area contributed by atoms with E-state index in [1.54, 1.807) is 11.5 Å². The van der Waals surface area contributed by atoms with Gasteiger partial charge in [-0.15, -0.1) is 0 Å². The van der Waals surface area contributed by atoms with E-state index < -0.39 is 12.0 Å². The standard InChI is InChI=1S/C29H35N3O3S/c1-8-10-23-25(28(34)35-9-2)26(21-13-11-20(12-14-21)17(3)4)32-27(33)24(36-29(32)30-23)16-22-15-18(5)31(7)19(22)6/h11-17,26H,8-10H2,1-7H3/b24-16+/t26-/m1/s1. The summed E-state index contributed by atoms with van der Waals surface area (Å²) in [5.41, 5.74) is 6.34. The smallest absolute Gasteiger partial charge is 0.338 e. The van der Waals surface area contributed by atoms with Gasteiger partial charge in [-0.05, 0) is 61.9 Å². The first-order valence-corrected chi connectivity index (χ1v) is 13.4. The number of thiazole rings is 1. The highest BCUT2D eigenvalue weighted by atomic mass is 32.1. The average Bonchev–Trinajstić information content (AvgIpc) is 3.28. The summed E-state index contributed by atoms with van der Waals surface area (Å²) >= 11 is 1.38. The van der Waals surface area contributed by atoms with Crippen molar-refractivity contribution in [1.82, 2.24) is 9.13 Å². The molecule has 0 spiro atoms. The van der Waals surface area contributed by atoms with Crippen molar-refractivity contribution in [3.63, 3.8) is 0 Å². The number of allylic oxidation sites excluding steroid dienone is 1. The fourth-order valence-corrected chi connectivity index (χ4v) is 5.68. The van der Waals surface area contributed by atoms with Crippen LogP contribution < -0.4 is 14.9 Å². The normalized spacial score (nSPS) is 15.9. The Balaban J connectivity index is 1.99. The lowest BCUT2D eigenvalue weighted by atomic mass is 9.92. The topological polar surface area (TPSA) is 65.6 Å². The predicted molar refractivity (Wildman–Crippen MR) is 145 cm³/mol. The summed E-state index contributed by atoms with van der Waals surface area (Å²) in [5, 5.41) is 0. The molecule has 0 bridgehead atoms. The average molecular weight is 506 g/mol. The highest BCUT2D eigenvalue weighted by Gasteiger charge is 2.34. The van der Waals surface area contributed by atoms with E-state index in [4.69, 9.17) is 9.73 Å². The molecule has 0 N–H and O–H groups in total. The predicted octanol–water partition coefficient (Wildman–Crippen LogP) is 4.66. The summed E-state index contributed by atoms with van der Waals surface area (Å²) in [5.74, 6) is -0.0271. The Morgan fingerprint density at radius 1 is 1.19 bits per heavy atom. The van der Waals surface area contributed by atoms with E-state index in [-0.39, 0.29) is 12.2 Å². The van der Waals surface area contributed by atoms with E-state index in [9.17, 15) is 9.59 Å². The number of hydrogen-bond donors (Lipinski definition) is 0. The molecule has 0 saturated heterocycles. The molecule has 190 valence electrons. The minimum atomic E-state index is -0.580. The summed E-state index contributed by atoms with van der Waals surface area (Å²) in [6, 6.07) is 9.71. The third-order valence-corrected chi connectivity index (χ3v) is 7.89. The zero-order chi connectivity index (χ0) is 26.1. The first kappa shape index (κ1) is 25.9. The molecule has 1 aliphatic rings. The second-order valence-corrected chi connectivity index (χ2v) is 10.6. The number of fused-ring (bicyclic) bond motifs is 1. The van der Waals surface area contributed by atoms with Crippen LogP contribution in [0.3, 0.4) is 0 Å². The van der Waals surface area contributed by atoms with Crippen LogP contribution in [0, 0.1) is 13.8 Å². The highest BCUT2D eigenvalue weighted by molar-refractivity contribution is 7.07. The molecule has 3 heterocycles. The molecule has 2 aromatic heterocycles. The van der Waals surface area contributed by atoms with Gasteiger partial charge in [0.15, 0.2) is 4.80 Å². The number of benzene rings is 1. The summed E-state index contributed by atoms with van der Waals surface area (Å²) in [6.45, 7) is 12.5. The molecule has 6 nitrogen and oxygen atoms in total. The van der Waals surface area contributed by atoms with Gasteiger partial charge in [0, 0.05) is 18.4 Å². The van der Waals surface area contributed by atoms with Gasteiger partial charge in [0.2, 0.25) is 0 Å². The Kier molecular flexibility index (Phi) is 7.50. The number of rotatable bonds is 7. The summed E-state index contributed by atoms with van der Waals surface area (Å²) < 4.78 is 9.87. The molecule has 1 aliphatic heterocycles. The first-order valence-electron chi connectivity index (χ1n) is 12.6. The van der Waals surface area contributed by atoms with E-state index >= 15 is 0 Å². The number of nitrogens with zero attached hydrogens (tertiary/aromatic N) is 3. The van der Waals surface area contributed by atoms with E-state index in [2.05, 4.69) is 50.5 Å². The maximum absolute atomic E-state index is 13.9. The van der Waals surface area contributed by atoms with Crippen molar-refractivity contribution in [2.45, 2.75) is 66.3 Å². The molecule has 4 rings (SSSR count). The molecule has 1 atom stereocenters. The van der Waals surface area contributed by atoms with Gasteiger partial charge in [-0.3, -0.25) is 9.36 Å². The third-order valence-electron chi connectivity index (χ3n) is 6.91. The quantitative estimate of drug-likeness (QED) is 0.439. The minimum Gasteiger partial charge on any atom is -0.463 e. The SMILES string of the molecule is CCCC1=C(C(=O)OCC)[C@@H](c2ccc(C(C)C)cc2)n2c(s/c(=C/c3cc(C)n(C)c3C)c2=O)=N1. The molecule has 7 heteroatoms. The van der Waals surface area contributed by atoms with Crippen LogP contribution in [0.15, 0.2) is 51.4 Å². The molecule has 0 saturated carbocycles. The maximum atomic E-state index is 13.9. The molecule has 3 aromatic rings. The number of carbonyl (C=O) groups is 1. The number of aryl methyl sites for hydroxylation is 1. The second-order valence-electron chi connectivity index (χ2n) is 9.62. The molecule has 0 radical (unpaired) electrons. The molecular weight excluding hydrogens is 470 g/mol. The van der Waals surface area contributed by atoms with Crippen molar-refractivity contribution in [1.29, 1.82) is 0 Å².